The average Bonchev–Trinajstić information content (AvgIpc) is 2.75. The van der Waals surface area contributed by atoms with E-state index in [2.05, 4.69) is 11.1 Å². The Balaban J connectivity index is 2.21. The number of hydrogen-bond donors (Lipinski definition) is 1. The summed E-state index contributed by atoms with van der Waals surface area (Å²) in [6, 6.07) is 11.0. The smallest absolute Gasteiger partial charge is 0.130 e. The number of benzene rings is 1. The summed E-state index contributed by atoms with van der Waals surface area (Å²) in [6.07, 6.45) is 0. The summed E-state index contributed by atoms with van der Waals surface area (Å²) in [4.78, 5) is 5.73. The molecule has 0 saturated heterocycles. The molecule has 0 bridgehead atoms. The van der Waals surface area contributed by atoms with Crippen molar-refractivity contribution >= 4 is 50.4 Å². The van der Waals surface area contributed by atoms with E-state index in [9.17, 15) is 0 Å². The van der Waals surface area contributed by atoms with Crippen molar-refractivity contribution in [2.24, 2.45) is 0 Å². The maximum atomic E-state index is 9.00. The molecular formula is C14H7Cl2N3S. The molecule has 0 fully saturated rings. The van der Waals surface area contributed by atoms with E-state index in [1.165, 1.54) is 11.3 Å². The SMILES string of the molecule is N#Cc1sc2nc(-c3ccc(Cl)cc3Cl)ccc2c1N. The standard InChI is InChI=1S/C14H7Cl2N3S/c15-7-1-2-8(10(16)5-7)11-4-3-9-13(18)12(6-17)20-14(9)19-11/h1-5H,18H2. The number of rotatable bonds is 1. The van der Waals surface area contributed by atoms with Crippen LogP contribution in [0.4, 0.5) is 5.69 Å². The number of hydrogen-bond acceptors (Lipinski definition) is 4. The van der Waals surface area contributed by atoms with E-state index < -0.39 is 0 Å². The van der Waals surface area contributed by atoms with Crippen molar-refractivity contribution < 1.29 is 0 Å². The molecule has 6 heteroatoms. The van der Waals surface area contributed by atoms with Crippen molar-refractivity contribution in [3.63, 3.8) is 0 Å². The topological polar surface area (TPSA) is 62.7 Å². The van der Waals surface area contributed by atoms with Gasteiger partial charge in [-0.3, -0.25) is 0 Å². The molecule has 1 aromatic carbocycles. The van der Waals surface area contributed by atoms with Gasteiger partial charge in [0.25, 0.3) is 0 Å². The molecule has 20 heavy (non-hydrogen) atoms. The molecule has 98 valence electrons. The predicted octanol–water partition coefficient (Wildman–Crippen LogP) is 4.72. The zero-order valence-electron chi connectivity index (χ0n) is 10.0. The van der Waals surface area contributed by atoms with Crippen LogP contribution in [0.2, 0.25) is 10.0 Å². The number of thiophene rings is 1. The molecule has 0 amide bonds. The second kappa shape index (κ2) is 4.95. The van der Waals surface area contributed by atoms with Crippen LogP contribution < -0.4 is 5.73 Å². The molecule has 3 aromatic rings. The minimum absolute atomic E-state index is 0.479. The molecule has 0 saturated carbocycles. The Hall–Kier alpha value is -1.80. The Morgan fingerprint density at radius 3 is 2.70 bits per heavy atom. The average molecular weight is 320 g/mol. The Kier molecular flexibility index (Phi) is 3.27. The van der Waals surface area contributed by atoms with Crippen LogP contribution in [0.25, 0.3) is 21.5 Å². The summed E-state index contributed by atoms with van der Waals surface area (Å²) in [7, 11) is 0. The molecule has 0 aliphatic carbocycles. The second-order valence-corrected chi connectivity index (χ2v) is 5.97. The van der Waals surface area contributed by atoms with Crippen LogP contribution in [0, 0.1) is 11.3 Å². The number of halogens is 2. The van der Waals surface area contributed by atoms with Crippen LogP contribution in [0.1, 0.15) is 4.88 Å². The van der Waals surface area contributed by atoms with Crippen LogP contribution >= 0.6 is 34.5 Å². The molecule has 0 unspecified atom stereocenters. The lowest BCUT2D eigenvalue weighted by molar-refractivity contribution is 1.42. The summed E-state index contributed by atoms with van der Waals surface area (Å²) < 4.78 is 0. The van der Waals surface area contributed by atoms with Gasteiger partial charge >= 0.3 is 0 Å². The van der Waals surface area contributed by atoms with E-state index in [-0.39, 0.29) is 0 Å². The Labute approximate surface area is 129 Å². The summed E-state index contributed by atoms with van der Waals surface area (Å²) >= 11 is 13.3. The van der Waals surface area contributed by atoms with Gasteiger partial charge in [-0.2, -0.15) is 5.26 Å². The van der Waals surface area contributed by atoms with Gasteiger partial charge in [-0.1, -0.05) is 23.2 Å². The first kappa shape index (κ1) is 13.2. The number of nitriles is 1. The molecule has 2 N–H and O–H groups in total. The molecule has 2 heterocycles. The monoisotopic (exact) mass is 319 g/mol. The molecule has 0 aliphatic heterocycles. The molecular weight excluding hydrogens is 313 g/mol. The normalized spacial score (nSPS) is 10.7. The first-order chi connectivity index (χ1) is 9.60. The first-order valence-electron chi connectivity index (χ1n) is 5.64. The molecule has 0 radical (unpaired) electrons. The van der Waals surface area contributed by atoms with E-state index in [1.54, 1.807) is 12.1 Å². The molecule has 2 aromatic heterocycles. The second-order valence-electron chi connectivity index (χ2n) is 4.13. The lowest BCUT2D eigenvalue weighted by atomic mass is 10.1. The van der Waals surface area contributed by atoms with Crippen LogP contribution in [0.15, 0.2) is 30.3 Å². The first-order valence-corrected chi connectivity index (χ1v) is 7.22. The lowest BCUT2D eigenvalue weighted by Gasteiger charge is -2.04. The van der Waals surface area contributed by atoms with Gasteiger partial charge in [0.1, 0.15) is 15.8 Å². The van der Waals surface area contributed by atoms with Gasteiger partial charge in [-0.25, -0.2) is 4.98 Å². The number of nitrogens with two attached hydrogens (primary N) is 1. The van der Waals surface area contributed by atoms with Gasteiger partial charge in [0, 0.05) is 16.0 Å². The Morgan fingerprint density at radius 1 is 1.20 bits per heavy atom. The molecule has 3 rings (SSSR count). The molecule has 0 aliphatic rings. The van der Waals surface area contributed by atoms with Crippen LogP contribution in [0.3, 0.4) is 0 Å². The van der Waals surface area contributed by atoms with E-state index in [1.807, 2.05) is 18.2 Å². The largest absolute Gasteiger partial charge is 0.396 e. The number of fused-ring (bicyclic) bond motifs is 1. The van der Waals surface area contributed by atoms with Crippen LogP contribution in [-0.4, -0.2) is 4.98 Å². The molecule has 3 nitrogen and oxygen atoms in total. The zero-order valence-corrected chi connectivity index (χ0v) is 12.4. The predicted molar refractivity (Wildman–Crippen MR) is 84.2 cm³/mol. The summed E-state index contributed by atoms with van der Waals surface area (Å²) in [6.45, 7) is 0. The van der Waals surface area contributed by atoms with Crippen LogP contribution in [0.5, 0.6) is 0 Å². The van der Waals surface area contributed by atoms with Crippen molar-refractivity contribution in [2.75, 3.05) is 5.73 Å². The third-order valence-corrected chi connectivity index (χ3v) is 4.47. The van der Waals surface area contributed by atoms with Crippen molar-refractivity contribution in [1.82, 2.24) is 4.98 Å². The summed E-state index contributed by atoms with van der Waals surface area (Å²) in [5, 5.41) is 10.9. The highest BCUT2D eigenvalue weighted by Crippen LogP contribution is 2.35. The minimum Gasteiger partial charge on any atom is -0.396 e. The van der Waals surface area contributed by atoms with Crippen molar-refractivity contribution in [2.45, 2.75) is 0 Å². The van der Waals surface area contributed by atoms with E-state index in [0.717, 1.165) is 21.5 Å². The highest BCUT2D eigenvalue weighted by molar-refractivity contribution is 7.19. The van der Waals surface area contributed by atoms with Gasteiger partial charge in [0.15, 0.2) is 0 Å². The molecule has 0 atom stereocenters. The molecule has 0 spiro atoms. The van der Waals surface area contributed by atoms with E-state index in [4.69, 9.17) is 34.2 Å². The third-order valence-electron chi connectivity index (χ3n) is 2.90. The fourth-order valence-corrected chi connectivity index (χ4v) is 3.32. The number of anilines is 1. The van der Waals surface area contributed by atoms with Crippen LogP contribution in [-0.2, 0) is 0 Å². The third kappa shape index (κ3) is 2.10. The fraction of sp³-hybridized carbons (Fsp3) is 0. The zero-order chi connectivity index (χ0) is 14.3. The van der Waals surface area contributed by atoms with Gasteiger partial charge < -0.3 is 5.73 Å². The number of nitrogens with zero attached hydrogens (tertiary/aromatic N) is 2. The van der Waals surface area contributed by atoms with E-state index >= 15 is 0 Å². The maximum Gasteiger partial charge on any atom is 0.130 e. The van der Waals surface area contributed by atoms with Gasteiger partial charge in [-0.15, -0.1) is 11.3 Å². The Morgan fingerprint density at radius 2 is 2.00 bits per heavy atom. The summed E-state index contributed by atoms with van der Waals surface area (Å²) in [5.41, 5.74) is 7.89. The van der Waals surface area contributed by atoms with E-state index in [0.29, 0.717) is 20.6 Å². The highest BCUT2D eigenvalue weighted by Gasteiger charge is 2.12. The van der Waals surface area contributed by atoms with Gasteiger partial charge in [-0.05, 0) is 30.3 Å². The van der Waals surface area contributed by atoms with Gasteiger partial charge in [0.05, 0.1) is 16.4 Å². The lowest BCUT2D eigenvalue weighted by Crippen LogP contribution is -1.87. The van der Waals surface area contributed by atoms with Gasteiger partial charge in [0.2, 0.25) is 0 Å². The minimum atomic E-state index is 0.479. The maximum absolute atomic E-state index is 9.00. The van der Waals surface area contributed by atoms with Crippen molar-refractivity contribution in [3.8, 4) is 17.3 Å². The fourth-order valence-electron chi connectivity index (χ4n) is 1.93. The Bertz CT molecular complexity index is 865. The quantitative estimate of drug-likeness (QED) is 0.705. The van der Waals surface area contributed by atoms with Crippen molar-refractivity contribution in [1.29, 1.82) is 5.26 Å². The number of pyridine rings is 1. The number of nitrogen functional groups attached to an aromatic ring is 1. The number of aromatic nitrogens is 1. The van der Waals surface area contributed by atoms with Crippen molar-refractivity contribution in [3.05, 3.63) is 45.3 Å². The highest BCUT2D eigenvalue weighted by atomic mass is 35.5. The summed E-state index contributed by atoms with van der Waals surface area (Å²) in [5.74, 6) is 0.